The molecule has 0 saturated carbocycles. The number of methoxy groups -OCH3 is 2. The molecule has 1 aromatic carbocycles. The molecule has 3 aliphatic heterocycles. The highest BCUT2D eigenvalue weighted by Gasteiger charge is 2.59. The number of hydrogen-bond donors (Lipinski definition) is 0. The molecule has 4 atom stereocenters. The van der Waals surface area contributed by atoms with Gasteiger partial charge in [-0.25, -0.2) is 0 Å². The lowest BCUT2D eigenvalue weighted by molar-refractivity contribution is -0.167. The van der Waals surface area contributed by atoms with Crippen molar-refractivity contribution >= 4 is 11.9 Å². The summed E-state index contributed by atoms with van der Waals surface area (Å²) in [6.45, 7) is 3.78. The minimum atomic E-state index is -1.19. The largest absolute Gasteiger partial charge is 0.497 e. The second-order valence-corrected chi connectivity index (χ2v) is 10.2. The molecule has 0 radical (unpaired) electrons. The second kappa shape index (κ2) is 8.71. The number of fused-ring (bicyclic) bond motifs is 3. The number of esters is 2. The number of likely N-dealkylation sites (N-methyl/N-ethyl adjacent to an activating group) is 1. The van der Waals surface area contributed by atoms with Crippen LogP contribution in [0.5, 0.6) is 11.5 Å². The molecule has 0 bridgehead atoms. The van der Waals surface area contributed by atoms with Crippen molar-refractivity contribution in [2.75, 3.05) is 48.2 Å². The van der Waals surface area contributed by atoms with Crippen molar-refractivity contribution in [3.63, 3.8) is 0 Å². The van der Waals surface area contributed by atoms with Crippen LogP contribution in [0.1, 0.15) is 43.2 Å². The van der Waals surface area contributed by atoms with Gasteiger partial charge in [0.05, 0.1) is 32.1 Å². The lowest BCUT2D eigenvalue weighted by atomic mass is 9.77. The van der Waals surface area contributed by atoms with Gasteiger partial charge >= 0.3 is 11.9 Å². The van der Waals surface area contributed by atoms with E-state index in [0.29, 0.717) is 11.5 Å². The van der Waals surface area contributed by atoms with E-state index in [4.69, 9.17) is 23.7 Å². The Morgan fingerprint density at radius 2 is 1.94 bits per heavy atom. The Balaban J connectivity index is 1.57. The van der Waals surface area contributed by atoms with E-state index in [1.54, 1.807) is 33.0 Å². The van der Waals surface area contributed by atoms with Crippen molar-refractivity contribution in [2.45, 2.75) is 55.7 Å². The Hall–Kier alpha value is -2.78. The fourth-order valence-corrected chi connectivity index (χ4v) is 6.10. The molecule has 9 heteroatoms. The number of nitrogens with zero attached hydrogens (tertiary/aromatic N) is 2. The van der Waals surface area contributed by atoms with Crippen LogP contribution in [0.2, 0.25) is 0 Å². The summed E-state index contributed by atoms with van der Waals surface area (Å²) in [5.74, 6) is 0.974. The van der Waals surface area contributed by atoms with Crippen LogP contribution in [-0.4, -0.2) is 87.1 Å². The van der Waals surface area contributed by atoms with Gasteiger partial charge in [-0.15, -0.1) is 0 Å². The van der Waals surface area contributed by atoms with Crippen LogP contribution < -0.4 is 9.47 Å². The van der Waals surface area contributed by atoms with Gasteiger partial charge in [0.2, 0.25) is 6.79 Å². The monoisotopic (exact) mass is 486 g/mol. The molecule has 1 aromatic rings. The van der Waals surface area contributed by atoms with Crippen molar-refractivity contribution in [3.8, 4) is 11.5 Å². The summed E-state index contributed by atoms with van der Waals surface area (Å²) in [4.78, 5) is 30.1. The normalized spacial score (nSPS) is 28.3. The Morgan fingerprint density at radius 1 is 1.20 bits per heavy atom. The number of carbonyl (C=O) groups excluding carboxylic acids is 2. The predicted octanol–water partition coefficient (Wildman–Crippen LogP) is 2.23. The highest BCUT2D eigenvalue weighted by atomic mass is 16.7. The average molecular weight is 487 g/mol. The predicted molar refractivity (Wildman–Crippen MR) is 126 cm³/mol. The number of carbonyl (C=O) groups is 2. The van der Waals surface area contributed by atoms with Crippen molar-refractivity contribution < 1.29 is 33.3 Å². The number of ether oxygens (including phenoxy) is 5. The van der Waals surface area contributed by atoms with Gasteiger partial charge in [0.1, 0.15) is 11.3 Å². The highest BCUT2D eigenvalue weighted by Crippen LogP contribution is 2.55. The van der Waals surface area contributed by atoms with Crippen molar-refractivity contribution in [3.05, 3.63) is 35.1 Å². The fraction of sp³-hybridized carbons (Fsp3) is 0.615. The van der Waals surface area contributed by atoms with E-state index in [-0.39, 0.29) is 24.7 Å². The summed E-state index contributed by atoms with van der Waals surface area (Å²) in [5, 5.41) is 0. The van der Waals surface area contributed by atoms with Crippen LogP contribution in [0.25, 0.3) is 0 Å². The Morgan fingerprint density at radius 3 is 2.63 bits per heavy atom. The Labute approximate surface area is 205 Å². The molecule has 5 rings (SSSR count). The zero-order valence-corrected chi connectivity index (χ0v) is 21.1. The van der Waals surface area contributed by atoms with Crippen molar-refractivity contribution in [2.24, 2.45) is 0 Å². The Kier molecular flexibility index (Phi) is 5.96. The summed E-state index contributed by atoms with van der Waals surface area (Å²) in [7, 11) is 6.45. The third-order valence-corrected chi connectivity index (χ3v) is 8.34. The van der Waals surface area contributed by atoms with E-state index < -0.39 is 23.6 Å². The zero-order valence-electron chi connectivity index (χ0n) is 21.1. The minimum absolute atomic E-state index is 0.120. The summed E-state index contributed by atoms with van der Waals surface area (Å²) < 4.78 is 28.4. The van der Waals surface area contributed by atoms with Crippen LogP contribution in [0, 0.1) is 0 Å². The summed E-state index contributed by atoms with van der Waals surface area (Å²) in [5.41, 5.74) is 0.759. The summed E-state index contributed by atoms with van der Waals surface area (Å²) in [6, 6.07) is 4.12. The topological polar surface area (TPSA) is 86.8 Å². The molecule has 1 spiro atoms. The maximum Gasteiger partial charge on any atom is 0.327 e. The first-order valence-corrected chi connectivity index (χ1v) is 12.1. The van der Waals surface area contributed by atoms with E-state index in [9.17, 15) is 9.59 Å². The van der Waals surface area contributed by atoms with Gasteiger partial charge < -0.3 is 23.7 Å². The summed E-state index contributed by atoms with van der Waals surface area (Å²) >= 11 is 0. The molecule has 3 heterocycles. The van der Waals surface area contributed by atoms with Crippen LogP contribution in [-0.2, 0) is 30.2 Å². The van der Waals surface area contributed by atoms with Gasteiger partial charge in [-0.2, -0.15) is 0 Å². The first-order valence-electron chi connectivity index (χ1n) is 12.1. The van der Waals surface area contributed by atoms with Gasteiger partial charge in [-0.1, -0.05) is 0 Å². The molecule has 1 aliphatic carbocycles. The van der Waals surface area contributed by atoms with Gasteiger partial charge in [0.25, 0.3) is 0 Å². The fourth-order valence-electron chi connectivity index (χ4n) is 6.10. The molecule has 1 saturated heterocycles. The van der Waals surface area contributed by atoms with E-state index >= 15 is 0 Å². The molecule has 0 amide bonds. The minimum Gasteiger partial charge on any atom is -0.497 e. The van der Waals surface area contributed by atoms with Crippen LogP contribution >= 0.6 is 0 Å². The van der Waals surface area contributed by atoms with Crippen LogP contribution in [0.3, 0.4) is 0 Å². The van der Waals surface area contributed by atoms with E-state index in [1.165, 1.54) is 12.7 Å². The van der Waals surface area contributed by atoms with Gasteiger partial charge in [0, 0.05) is 6.54 Å². The lowest BCUT2D eigenvalue weighted by Gasteiger charge is -2.40. The molecule has 9 nitrogen and oxygen atoms in total. The molecule has 4 aliphatic rings. The van der Waals surface area contributed by atoms with Crippen molar-refractivity contribution in [1.29, 1.82) is 0 Å². The standard InChI is InChI=1S/C26H34N2O7/c1-25(27(2)3,14-21(29)32-5)24(30)35-23-20(31-4)13-26-8-6-9-28(26)10-7-16-11-18-19(34-15-33-18)12-17(16)22(23)26/h11-13,22-23H,6-10,14-15H2,1-5H3/t22-,23-,25-,26+/m1/s1. The maximum atomic E-state index is 13.7. The lowest BCUT2D eigenvalue weighted by Crippen LogP contribution is -2.53. The third-order valence-electron chi connectivity index (χ3n) is 8.34. The average Bonchev–Trinajstić information content (AvgIpc) is 3.52. The van der Waals surface area contributed by atoms with Gasteiger partial charge in [0.15, 0.2) is 17.6 Å². The zero-order chi connectivity index (χ0) is 25.0. The Bertz CT molecular complexity index is 1070. The third kappa shape index (κ3) is 3.67. The molecular weight excluding hydrogens is 452 g/mol. The van der Waals surface area contributed by atoms with E-state index in [2.05, 4.69) is 23.1 Å². The smallest absolute Gasteiger partial charge is 0.327 e. The SMILES string of the molecule is COC(=O)C[C@](C)(C(=O)O[C@@H]1C(OC)=C[C@]23CCCN2CCc2cc4c(cc2[C@H]13)OCO4)N(C)C. The highest BCUT2D eigenvalue weighted by molar-refractivity contribution is 5.87. The second-order valence-electron chi connectivity index (χ2n) is 10.2. The first kappa shape index (κ1) is 23.9. The molecule has 0 unspecified atom stereocenters. The van der Waals surface area contributed by atoms with Crippen molar-refractivity contribution in [1.82, 2.24) is 9.80 Å². The van der Waals surface area contributed by atoms with Crippen LogP contribution in [0.4, 0.5) is 0 Å². The summed E-state index contributed by atoms with van der Waals surface area (Å²) in [6.07, 6.45) is 4.28. The molecule has 190 valence electrons. The molecular formula is C26H34N2O7. The first-order chi connectivity index (χ1) is 16.7. The number of hydrogen-bond acceptors (Lipinski definition) is 9. The van der Waals surface area contributed by atoms with E-state index in [0.717, 1.165) is 43.7 Å². The quantitative estimate of drug-likeness (QED) is 0.562. The molecule has 0 N–H and O–H groups in total. The van der Waals surface area contributed by atoms with E-state index in [1.807, 2.05) is 0 Å². The number of benzene rings is 1. The number of rotatable bonds is 6. The molecule has 35 heavy (non-hydrogen) atoms. The van der Waals surface area contributed by atoms with Crippen LogP contribution in [0.15, 0.2) is 24.0 Å². The molecule has 1 fully saturated rings. The maximum absolute atomic E-state index is 13.7. The van der Waals surface area contributed by atoms with Gasteiger partial charge in [-0.05, 0) is 76.2 Å². The molecule has 0 aromatic heterocycles. The van der Waals surface area contributed by atoms with Gasteiger partial charge in [-0.3, -0.25) is 19.4 Å².